The highest BCUT2D eigenvalue weighted by molar-refractivity contribution is 5.85. The average molecular weight is 303 g/mol. The van der Waals surface area contributed by atoms with Gasteiger partial charge in [-0.1, -0.05) is 18.1 Å². The molecule has 1 aromatic rings. The van der Waals surface area contributed by atoms with Crippen LogP contribution in [-0.4, -0.2) is 41.3 Å². The first-order chi connectivity index (χ1) is 10.7. The van der Waals surface area contributed by atoms with E-state index in [4.69, 9.17) is 4.84 Å². The fourth-order valence-electron chi connectivity index (χ4n) is 3.36. The van der Waals surface area contributed by atoms with Crippen molar-refractivity contribution in [2.45, 2.75) is 45.1 Å². The molecule has 1 aromatic heterocycles. The van der Waals surface area contributed by atoms with E-state index in [0.717, 1.165) is 38.9 Å². The molecule has 0 aromatic carbocycles. The van der Waals surface area contributed by atoms with Crippen LogP contribution < -0.4 is 5.56 Å². The minimum Gasteiger partial charge on any atom is -0.391 e. The van der Waals surface area contributed by atoms with Crippen molar-refractivity contribution in [1.29, 1.82) is 0 Å². The summed E-state index contributed by atoms with van der Waals surface area (Å²) < 4.78 is 0. The SMILES string of the molecule is CCC1=NOC(CN2CCC(Cc3ccc(=O)[nH]c3)CC2)C1. The lowest BCUT2D eigenvalue weighted by molar-refractivity contribution is 0.0419. The number of oxime groups is 1. The zero-order valence-corrected chi connectivity index (χ0v) is 13.3. The molecule has 120 valence electrons. The van der Waals surface area contributed by atoms with Gasteiger partial charge < -0.3 is 9.82 Å². The summed E-state index contributed by atoms with van der Waals surface area (Å²) in [6, 6.07) is 3.56. The number of H-pyrrole nitrogens is 1. The van der Waals surface area contributed by atoms with Crippen LogP contribution in [0.25, 0.3) is 0 Å². The highest BCUT2D eigenvalue weighted by atomic mass is 16.6. The third-order valence-corrected chi connectivity index (χ3v) is 4.74. The van der Waals surface area contributed by atoms with Gasteiger partial charge in [-0.25, -0.2) is 0 Å². The lowest BCUT2D eigenvalue weighted by Crippen LogP contribution is -2.39. The van der Waals surface area contributed by atoms with E-state index in [1.807, 2.05) is 12.3 Å². The molecule has 0 bridgehead atoms. The normalized spacial score (nSPS) is 23.3. The number of rotatable bonds is 5. The molecule has 2 aliphatic heterocycles. The van der Waals surface area contributed by atoms with Crippen LogP contribution in [0.15, 0.2) is 28.3 Å². The van der Waals surface area contributed by atoms with Crippen molar-refractivity contribution in [3.05, 3.63) is 34.2 Å². The van der Waals surface area contributed by atoms with E-state index in [0.29, 0.717) is 5.92 Å². The highest BCUT2D eigenvalue weighted by Crippen LogP contribution is 2.23. The zero-order chi connectivity index (χ0) is 15.4. The molecule has 3 heterocycles. The number of piperidine rings is 1. The van der Waals surface area contributed by atoms with Crippen LogP contribution >= 0.6 is 0 Å². The Balaban J connectivity index is 1.41. The maximum Gasteiger partial charge on any atom is 0.247 e. The number of nitrogens with one attached hydrogen (secondary N) is 1. The first-order valence-corrected chi connectivity index (χ1v) is 8.34. The molecule has 22 heavy (non-hydrogen) atoms. The van der Waals surface area contributed by atoms with Gasteiger partial charge in [-0.15, -0.1) is 0 Å². The molecule has 1 N–H and O–H groups in total. The van der Waals surface area contributed by atoms with Gasteiger partial charge in [0.1, 0.15) is 6.10 Å². The molecular formula is C17H25N3O2. The first kappa shape index (κ1) is 15.3. The Morgan fingerprint density at radius 1 is 1.36 bits per heavy atom. The lowest BCUT2D eigenvalue weighted by Gasteiger charge is -2.32. The molecule has 1 unspecified atom stereocenters. The zero-order valence-electron chi connectivity index (χ0n) is 13.3. The molecule has 1 atom stereocenters. The summed E-state index contributed by atoms with van der Waals surface area (Å²) in [7, 11) is 0. The summed E-state index contributed by atoms with van der Waals surface area (Å²) in [5, 5.41) is 4.14. The molecule has 3 rings (SSSR count). The third kappa shape index (κ3) is 3.97. The van der Waals surface area contributed by atoms with Crippen molar-refractivity contribution in [3.63, 3.8) is 0 Å². The van der Waals surface area contributed by atoms with Gasteiger partial charge in [0, 0.05) is 25.2 Å². The fourth-order valence-corrected chi connectivity index (χ4v) is 3.36. The fraction of sp³-hybridized carbons (Fsp3) is 0.647. The molecule has 5 heteroatoms. The van der Waals surface area contributed by atoms with E-state index in [1.165, 1.54) is 24.1 Å². The van der Waals surface area contributed by atoms with Crippen molar-refractivity contribution in [2.75, 3.05) is 19.6 Å². The van der Waals surface area contributed by atoms with Gasteiger partial charge in [0.15, 0.2) is 0 Å². The van der Waals surface area contributed by atoms with Crippen LogP contribution in [0.1, 0.15) is 38.2 Å². The predicted molar refractivity (Wildman–Crippen MR) is 87.1 cm³/mol. The largest absolute Gasteiger partial charge is 0.391 e. The average Bonchev–Trinajstić information content (AvgIpc) is 2.99. The Morgan fingerprint density at radius 2 is 2.18 bits per heavy atom. The summed E-state index contributed by atoms with van der Waals surface area (Å²) in [4.78, 5) is 21.9. The van der Waals surface area contributed by atoms with Crippen molar-refractivity contribution in [3.8, 4) is 0 Å². The molecule has 0 amide bonds. The van der Waals surface area contributed by atoms with Gasteiger partial charge in [0.05, 0.1) is 5.71 Å². The molecule has 1 saturated heterocycles. The van der Waals surface area contributed by atoms with Gasteiger partial charge in [-0.05, 0) is 50.3 Å². The molecule has 0 radical (unpaired) electrons. The monoisotopic (exact) mass is 303 g/mol. The molecule has 2 aliphatic rings. The van der Waals surface area contributed by atoms with Crippen LogP contribution in [0, 0.1) is 5.92 Å². The maximum atomic E-state index is 11.1. The number of hydrogen-bond donors (Lipinski definition) is 1. The standard InChI is InChI=1S/C17H25N3O2/c1-2-15-10-16(22-19-15)12-20-7-5-13(6-8-20)9-14-3-4-17(21)18-11-14/h3-4,11,13,16H,2,5-10,12H2,1H3,(H,18,21). The molecule has 5 nitrogen and oxygen atoms in total. The third-order valence-electron chi connectivity index (χ3n) is 4.74. The van der Waals surface area contributed by atoms with Crippen molar-refractivity contribution < 1.29 is 4.84 Å². The first-order valence-electron chi connectivity index (χ1n) is 8.34. The molecule has 0 aliphatic carbocycles. The number of aromatic nitrogens is 1. The second-order valence-corrected chi connectivity index (χ2v) is 6.45. The topological polar surface area (TPSA) is 57.7 Å². The second-order valence-electron chi connectivity index (χ2n) is 6.45. The van der Waals surface area contributed by atoms with Gasteiger partial charge >= 0.3 is 0 Å². The van der Waals surface area contributed by atoms with E-state index in [2.05, 4.69) is 22.0 Å². The number of hydrogen-bond acceptors (Lipinski definition) is 4. The molecule has 1 fully saturated rings. The molecule has 0 saturated carbocycles. The summed E-state index contributed by atoms with van der Waals surface area (Å²) >= 11 is 0. The highest BCUT2D eigenvalue weighted by Gasteiger charge is 2.25. The van der Waals surface area contributed by atoms with Gasteiger partial charge in [-0.3, -0.25) is 9.69 Å². The van der Waals surface area contributed by atoms with Crippen LogP contribution in [0.3, 0.4) is 0 Å². The minimum absolute atomic E-state index is 0.0243. The van der Waals surface area contributed by atoms with E-state index in [1.54, 1.807) is 6.07 Å². The van der Waals surface area contributed by atoms with Crippen LogP contribution in [0.5, 0.6) is 0 Å². The number of nitrogens with zero attached hydrogens (tertiary/aromatic N) is 2. The Labute approximate surface area is 131 Å². The van der Waals surface area contributed by atoms with Crippen molar-refractivity contribution in [2.24, 2.45) is 11.1 Å². The van der Waals surface area contributed by atoms with Crippen LogP contribution in [0.4, 0.5) is 0 Å². The maximum absolute atomic E-state index is 11.1. The Kier molecular flexibility index (Phi) is 4.93. The lowest BCUT2D eigenvalue weighted by atomic mass is 9.90. The van der Waals surface area contributed by atoms with E-state index in [-0.39, 0.29) is 11.7 Å². The minimum atomic E-state index is -0.0243. The molecular weight excluding hydrogens is 278 g/mol. The molecule has 0 spiro atoms. The Morgan fingerprint density at radius 3 is 2.82 bits per heavy atom. The van der Waals surface area contributed by atoms with Crippen molar-refractivity contribution >= 4 is 5.71 Å². The quantitative estimate of drug-likeness (QED) is 0.907. The Bertz CT molecular complexity index is 553. The van der Waals surface area contributed by atoms with Gasteiger partial charge in [-0.2, -0.15) is 0 Å². The van der Waals surface area contributed by atoms with E-state index < -0.39 is 0 Å². The van der Waals surface area contributed by atoms with E-state index in [9.17, 15) is 4.79 Å². The number of pyridine rings is 1. The summed E-state index contributed by atoms with van der Waals surface area (Å²) in [6.07, 6.45) is 7.59. The number of likely N-dealkylation sites (tertiary alicyclic amines) is 1. The summed E-state index contributed by atoms with van der Waals surface area (Å²) in [6.45, 7) is 5.40. The summed E-state index contributed by atoms with van der Waals surface area (Å²) in [5.41, 5.74) is 2.40. The summed E-state index contributed by atoms with van der Waals surface area (Å²) in [5.74, 6) is 0.717. The smallest absolute Gasteiger partial charge is 0.247 e. The second kappa shape index (κ2) is 7.09. The number of aromatic amines is 1. The predicted octanol–water partition coefficient (Wildman–Crippen LogP) is 2.18. The van der Waals surface area contributed by atoms with Gasteiger partial charge in [0.2, 0.25) is 5.56 Å². The van der Waals surface area contributed by atoms with E-state index >= 15 is 0 Å². The van der Waals surface area contributed by atoms with Gasteiger partial charge in [0.25, 0.3) is 0 Å². The van der Waals surface area contributed by atoms with Crippen molar-refractivity contribution in [1.82, 2.24) is 9.88 Å². The Hall–Kier alpha value is -1.62. The van der Waals surface area contributed by atoms with Crippen LogP contribution in [-0.2, 0) is 11.3 Å². The van der Waals surface area contributed by atoms with Crippen LogP contribution in [0.2, 0.25) is 0 Å².